The van der Waals surface area contributed by atoms with Crippen LogP contribution in [0.2, 0.25) is 5.31 Å². The molecular formula is C25H29BN2O7. The third-order valence-electron chi connectivity index (χ3n) is 6.78. The molecule has 2 aliphatic heterocycles. The third kappa shape index (κ3) is 5.13. The molecule has 35 heavy (non-hydrogen) atoms. The Hall–Kier alpha value is -3.11. The lowest BCUT2D eigenvalue weighted by molar-refractivity contribution is -0.182. The van der Waals surface area contributed by atoms with Gasteiger partial charge in [-0.3, -0.25) is 9.59 Å². The Morgan fingerprint density at radius 3 is 2.74 bits per heavy atom. The summed E-state index contributed by atoms with van der Waals surface area (Å²) >= 11 is 0. The van der Waals surface area contributed by atoms with E-state index < -0.39 is 35.5 Å². The molecule has 1 fully saturated rings. The fourth-order valence-electron chi connectivity index (χ4n) is 4.78. The van der Waals surface area contributed by atoms with Crippen molar-refractivity contribution >= 4 is 25.8 Å². The third-order valence-corrected chi connectivity index (χ3v) is 6.78. The van der Waals surface area contributed by atoms with E-state index in [1.165, 1.54) is 13.4 Å². The number of nitrogens with one attached hydrogen (secondary N) is 1. The van der Waals surface area contributed by atoms with Gasteiger partial charge in [-0.1, -0.05) is 36.4 Å². The summed E-state index contributed by atoms with van der Waals surface area (Å²) in [6, 6.07) is 8.00. The normalized spacial score (nSPS) is 28.1. The standard InChI is InChI=1S/C25H29BN2O7/c1-32-21(29)17-14-34-24(35-22(30)19(27)12-15-6-3-2-4-7-15)25(26)16(9-10-18(17)25)13-33-23(31)20-8-5-11-28-20/h2-4,6-7,9,14,18-20,24,28H,5,8,10-13,27H2,1H3. The van der Waals surface area contributed by atoms with Crippen LogP contribution in [0.25, 0.3) is 0 Å². The van der Waals surface area contributed by atoms with Crippen molar-refractivity contribution in [2.24, 2.45) is 11.7 Å². The highest BCUT2D eigenvalue weighted by Gasteiger charge is 2.55. The fourth-order valence-corrected chi connectivity index (χ4v) is 4.78. The average Bonchev–Trinajstić information content (AvgIpc) is 3.52. The van der Waals surface area contributed by atoms with Gasteiger partial charge >= 0.3 is 17.9 Å². The second kappa shape index (κ2) is 10.7. The number of rotatable bonds is 8. The molecule has 1 aromatic carbocycles. The van der Waals surface area contributed by atoms with E-state index in [0.29, 0.717) is 18.4 Å². The van der Waals surface area contributed by atoms with E-state index in [4.69, 9.17) is 32.5 Å². The molecule has 184 valence electrons. The predicted molar refractivity (Wildman–Crippen MR) is 126 cm³/mol. The smallest absolute Gasteiger partial charge is 0.337 e. The van der Waals surface area contributed by atoms with E-state index in [1.54, 1.807) is 6.08 Å². The molecule has 1 aliphatic carbocycles. The number of ether oxygens (including phenoxy) is 4. The molecule has 5 atom stereocenters. The number of esters is 3. The molecular weight excluding hydrogens is 451 g/mol. The molecule has 0 amide bonds. The molecule has 9 nitrogen and oxygen atoms in total. The maximum absolute atomic E-state index is 12.9. The van der Waals surface area contributed by atoms with Gasteiger partial charge in [0.15, 0.2) is 0 Å². The number of carbonyl (C=O) groups is 3. The Balaban J connectivity index is 1.50. The molecule has 1 saturated heterocycles. The van der Waals surface area contributed by atoms with Crippen molar-refractivity contribution in [3.63, 3.8) is 0 Å². The van der Waals surface area contributed by atoms with Crippen molar-refractivity contribution < 1.29 is 33.3 Å². The Bertz CT molecular complexity index is 1020. The molecule has 3 aliphatic rings. The van der Waals surface area contributed by atoms with Crippen molar-refractivity contribution in [3.8, 4) is 0 Å². The van der Waals surface area contributed by atoms with E-state index in [9.17, 15) is 14.4 Å². The minimum absolute atomic E-state index is 0.119. The summed E-state index contributed by atoms with van der Waals surface area (Å²) < 4.78 is 21.7. The lowest BCUT2D eigenvalue weighted by atomic mass is 9.56. The predicted octanol–water partition coefficient (Wildman–Crippen LogP) is 1.08. The first-order chi connectivity index (χ1) is 16.8. The first-order valence-electron chi connectivity index (χ1n) is 11.7. The van der Waals surface area contributed by atoms with E-state index in [1.807, 2.05) is 30.3 Å². The highest BCUT2D eigenvalue weighted by Crippen LogP contribution is 2.57. The van der Waals surface area contributed by atoms with Gasteiger partial charge in [-0.15, -0.1) is 0 Å². The van der Waals surface area contributed by atoms with E-state index in [0.717, 1.165) is 18.5 Å². The van der Waals surface area contributed by atoms with Gasteiger partial charge in [0.05, 0.1) is 26.8 Å². The maximum atomic E-state index is 12.9. The van der Waals surface area contributed by atoms with Gasteiger partial charge in [-0.05, 0) is 43.4 Å². The molecule has 0 saturated carbocycles. The number of fused-ring (bicyclic) bond motifs is 1. The zero-order valence-electron chi connectivity index (χ0n) is 19.6. The topological polar surface area (TPSA) is 126 Å². The Kier molecular flexibility index (Phi) is 7.61. The summed E-state index contributed by atoms with van der Waals surface area (Å²) in [5, 5.41) is 1.65. The van der Waals surface area contributed by atoms with Crippen LogP contribution < -0.4 is 11.1 Å². The van der Waals surface area contributed by atoms with Crippen molar-refractivity contribution in [2.45, 2.75) is 49.4 Å². The molecule has 0 aromatic heterocycles. The average molecular weight is 480 g/mol. The molecule has 4 rings (SSSR count). The minimum atomic E-state index is -1.44. The number of carbonyl (C=O) groups excluding carboxylic acids is 3. The number of methoxy groups -OCH3 is 1. The first kappa shape index (κ1) is 25.0. The maximum Gasteiger partial charge on any atom is 0.337 e. The quantitative estimate of drug-likeness (QED) is 0.243. The van der Waals surface area contributed by atoms with Crippen molar-refractivity contribution in [1.29, 1.82) is 0 Å². The van der Waals surface area contributed by atoms with Gasteiger partial charge in [0, 0.05) is 11.2 Å². The van der Waals surface area contributed by atoms with Gasteiger partial charge in [0.1, 0.15) is 18.7 Å². The zero-order chi connectivity index (χ0) is 25.0. The lowest BCUT2D eigenvalue weighted by Crippen LogP contribution is -2.47. The van der Waals surface area contributed by atoms with Gasteiger partial charge in [0.2, 0.25) is 6.29 Å². The molecule has 0 bridgehead atoms. The largest absolute Gasteiger partial charge is 0.466 e. The summed E-state index contributed by atoms with van der Waals surface area (Å²) in [6.07, 6.45) is 3.96. The molecule has 5 unspecified atom stereocenters. The summed E-state index contributed by atoms with van der Waals surface area (Å²) in [6.45, 7) is 0.639. The monoisotopic (exact) mass is 480 g/mol. The van der Waals surface area contributed by atoms with Crippen LogP contribution in [0.3, 0.4) is 0 Å². The minimum Gasteiger partial charge on any atom is -0.466 e. The Morgan fingerprint density at radius 1 is 1.29 bits per heavy atom. The SMILES string of the molecule is [B]C12C(COC(=O)C3CCCN3)=CCC1C(C(=O)OC)=COC2OC(=O)C(N)Cc1ccccc1. The molecule has 1 aromatic rings. The second-order valence-electron chi connectivity index (χ2n) is 8.97. The van der Waals surface area contributed by atoms with Gasteiger partial charge in [0.25, 0.3) is 0 Å². The van der Waals surface area contributed by atoms with E-state index in [-0.39, 0.29) is 30.6 Å². The Labute approximate surface area is 205 Å². The lowest BCUT2D eigenvalue weighted by Gasteiger charge is -2.43. The fraction of sp³-hybridized carbons (Fsp3) is 0.480. The van der Waals surface area contributed by atoms with Crippen LogP contribution in [-0.2, 0) is 39.8 Å². The molecule has 3 N–H and O–H groups in total. The Morgan fingerprint density at radius 2 is 2.06 bits per heavy atom. The van der Waals surface area contributed by atoms with E-state index >= 15 is 0 Å². The molecule has 10 heteroatoms. The summed E-state index contributed by atoms with van der Waals surface area (Å²) in [7, 11) is 8.07. The number of hydrogen-bond acceptors (Lipinski definition) is 9. The summed E-state index contributed by atoms with van der Waals surface area (Å²) in [4.78, 5) is 37.7. The molecule has 0 spiro atoms. The van der Waals surface area contributed by atoms with Crippen LogP contribution in [0.4, 0.5) is 0 Å². The number of allylic oxidation sites excluding steroid dienone is 1. The van der Waals surface area contributed by atoms with Crippen LogP contribution in [-0.4, -0.2) is 64.4 Å². The zero-order valence-corrected chi connectivity index (χ0v) is 19.6. The molecule has 2 radical (unpaired) electrons. The van der Waals surface area contributed by atoms with Crippen molar-refractivity contribution in [1.82, 2.24) is 5.32 Å². The highest BCUT2D eigenvalue weighted by molar-refractivity contribution is 6.19. The highest BCUT2D eigenvalue weighted by atomic mass is 16.7. The van der Waals surface area contributed by atoms with Crippen LogP contribution in [0.1, 0.15) is 24.8 Å². The summed E-state index contributed by atoms with van der Waals surface area (Å²) in [5.74, 6) is -2.27. The van der Waals surface area contributed by atoms with Crippen molar-refractivity contribution in [2.75, 3.05) is 20.3 Å². The molecule has 2 heterocycles. The number of hydrogen-bond donors (Lipinski definition) is 2. The number of nitrogens with two attached hydrogens (primary N) is 1. The van der Waals surface area contributed by atoms with Crippen LogP contribution in [0.15, 0.2) is 53.8 Å². The van der Waals surface area contributed by atoms with Gasteiger partial charge in [-0.25, -0.2) is 4.79 Å². The van der Waals surface area contributed by atoms with Crippen LogP contribution in [0, 0.1) is 5.92 Å². The van der Waals surface area contributed by atoms with E-state index in [2.05, 4.69) is 5.32 Å². The van der Waals surface area contributed by atoms with Gasteiger partial charge < -0.3 is 30.0 Å². The van der Waals surface area contributed by atoms with Gasteiger partial charge in [-0.2, -0.15) is 0 Å². The van der Waals surface area contributed by atoms with Crippen LogP contribution in [0.5, 0.6) is 0 Å². The van der Waals surface area contributed by atoms with Crippen molar-refractivity contribution in [3.05, 3.63) is 59.4 Å². The second-order valence-corrected chi connectivity index (χ2v) is 8.97. The summed E-state index contributed by atoms with van der Waals surface area (Å²) in [5.41, 5.74) is 7.69. The number of benzene rings is 1. The van der Waals surface area contributed by atoms with Crippen LogP contribution >= 0.6 is 0 Å². The first-order valence-corrected chi connectivity index (χ1v) is 11.7.